The van der Waals surface area contributed by atoms with Crippen molar-refractivity contribution in [1.29, 1.82) is 0 Å². The number of aromatic hydroxyl groups is 1. The van der Waals surface area contributed by atoms with E-state index in [1.165, 1.54) is 56.5 Å². The largest absolute Gasteiger partial charge is 0.507 e. The number of ether oxygens (including phenoxy) is 4. The van der Waals surface area contributed by atoms with Gasteiger partial charge in [0.2, 0.25) is 0 Å². The van der Waals surface area contributed by atoms with Crippen molar-refractivity contribution in [3.63, 3.8) is 0 Å². The first-order valence-electron chi connectivity index (χ1n) is 11.2. The second kappa shape index (κ2) is 11.4. The Morgan fingerprint density at radius 1 is 0.974 bits per heavy atom. The van der Waals surface area contributed by atoms with Crippen molar-refractivity contribution in [3.05, 3.63) is 89.3 Å². The Morgan fingerprint density at radius 2 is 1.76 bits per heavy atom. The maximum atomic E-state index is 14.0. The van der Waals surface area contributed by atoms with E-state index in [-0.39, 0.29) is 29.4 Å². The van der Waals surface area contributed by atoms with E-state index < -0.39 is 17.4 Å². The van der Waals surface area contributed by atoms with Crippen molar-refractivity contribution < 1.29 is 37.6 Å². The molecule has 1 N–H and O–H groups in total. The van der Waals surface area contributed by atoms with Gasteiger partial charge < -0.3 is 24.1 Å². The summed E-state index contributed by atoms with van der Waals surface area (Å²) >= 11 is 0. The highest BCUT2D eigenvalue weighted by Crippen LogP contribution is 2.34. The van der Waals surface area contributed by atoms with Gasteiger partial charge in [0.1, 0.15) is 46.6 Å². The average Bonchev–Trinajstić information content (AvgIpc) is 3.38. The van der Waals surface area contributed by atoms with Crippen LogP contribution in [0.25, 0.3) is 11.8 Å². The van der Waals surface area contributed by atoms with Gasteiger partial charge >= 0.3 is 0 Å². The first kappa shape index (κ1) is 26.1. The highest BCUT2D eigenvalue weighted by Gasteiger charge is 2.17. The molecule has 4 rings (SSSR count). The third-order valence-electron chi connectivity index (χ3n) is 5.44. The van der Waals surface area contributed by atoms with Crippen LogP contribution < -0.4 is 18.9 Å². The van der Waals surface area contributed by atoms with Gasteiger partial charge in [-0.15, -0.1) is 5.10 Å². The van der Waals surface area contributed by atoms with Crippen LogP contribution >= 0.6 is 0 Å². The normalized spacial score (nSPS) is 11.0. The Kier molecular flexibility index (Phi) is 7.86. The van der Waals surface area contributed by atoms with Crippen LogP contribution in [-0.4, -0.2) is 47.2 Å². The standard InChI is InChI=1S/C27H23F2N3O6/c1-35-19-12-23(34)27(26(13-19)37-3)22(33)8-4-16-5-9-24(36-2)25(10-16)38-15-18-14-32(31-30-18)21-7-6-17(28)11-20(21)29/h4-14,34H,15H2,1-3H3/b8-4+. The van der Waals surface area contributed by atoms with Crippen molar-refractivity contribution in [2.45, 2.75) is 6.61 Å². The minimum Gasteiger partial charge on any atom is -0.507 e. The lowest BCUT2D eigenvalue weighted by Crippen LogP contribution is -2.01. The van der Waals surface area contributed by atoms with Crippen molar-refractivity contribution in [2.75, 3.05) is 21.3 Å². The molecule has 0 bridgehead atoms. The van der Waals surface area contributed by atoms with Crippen LogP contribution in [-0.2, 0) is 6.61 Å². The fourth-order valence-electron chi connectivity index (χ4n) is 3.57. The van der Waals surface area contributed by atoms with E-state index in [0.717, 1.165) is 12.1 Å². The highest BCUT2D eigenvalue weighted by atomic mass is 19.1. The first-order valence-corrected chi connectivity index (χ1v) is 11.2. The number of phenolic OH excluding ortho intramolecular Hbond substituents is 1. The topological polar surface area (TPSA) is 105 Å². The number of aromatic nitrogens is 3. The molecule has 0 radical (unpaired) electrons. The molecule has 0 unspecified atom stereocenters. The van der Waals surface area contributed by atoms with Crippen molar-refractivity contribution in [1.82, 2.24) is 15.0 Å². The van der Waals surface area contributed by atoms with Crippen LogP contribution in [0.5, 0.6) is 28.7 Å². The van der Waals surface area contributed by atoms with Crippen LogP contribution in [0.1, 0.15) is 21.6 Å². The summed E-state index contributed by atoms with van der Waals surface area (Å²) in [7, 11) is 4.30. The zero-order chi connectivity index (χ0) is 27.2. The minimum atomic E-state index is -0.779. The minimum absolute atomic E-state index is 0.00443. The summed E-state index contributed by atoms with van der Waals surface area (Å²) in [6.45, 7) is -0.0256. The molecule has 0 atom stereocenters. The summed E-state index contributed by atoms with van der Waals surface area (Å²) in [5.41, 5.74) is 1.03. The molecular weight excluding hydrogens is 500 g/mol. The summed E-state index contributed by atoms with van der Waals surface area (Å²) in [6.07, 6.45) is 4.30. The molecule has 0 saturated heterocycles. The van der Waals surface area contributed by atoms with Gasteiger partial charge in [0.25, 0.3) is 0 Å². The van der Waals surface area contributed by atoms with Gasteiger partial charge in [-0.1, -0.05) is 17.4 Å². The van der Waals surface area contributed by atoms with E-state index in [9.17, 15) is 18.7 Å². The Morgan fingerprint density at radius 3 is 2.47 bits per heavy atom. The van der Waals surface area contributed by atoms with E-state index in [2.05, 4.69) is 10.3 Å². The molecule has 11 heteroatoms. The average molecular weight is 523 g/mol. The van der Waals surface area contributed by atoms with Crippen LogP contribution in [0.15, 0.2) is 60.8 Å². The van der Waals surface area contributed by atoms with E-state index >= 15 is 0 Å². The monoisotopic (exact) mass is 523 g/mol. The van der Waals surface area contributed by atoms with E-state index in [0.29, 0.717) is 28.5 Å². The Bertz CT molecular complexity index is 1500. The molecule has 3 aromatic carbocycles. The van der Waals surface area contributed by atoms with E-state index in [4.69, 9.17) is 18.9 Å². The van der Waals surface area contributed by atoms with Gasteiger partial charge in [0.05, 0.1) is 27.5 Å². The lowest BCUT2D eigenvalue weighted by molar-refractivity contribution is 0.104. The highest BCUT2D eigenvalue weighted by molar-refractivity contribution is 6.10. The number of methoxy groups -OCH3 is 3. The van der Waals surface area contributed by atoms with Gasteiger partial charge in [0.15, 0.2) is 23.1 Å². The quantitative estimate of drug-likeness (QED) is 0.235. The number of halogens is 2. The maximum absolute atomic E-state index is 14.0. The predicted molar refractivity (Wildman–Crippen MR) is 133 cm³/mol. The maximum Gasteiger partial charge on any atom is 0.193 e. The number of carbonyl (C=O) groups is 1. The second-order valence-electron chi connectivity index (χ2n) is 7.87. The first-order chi connectivity index (χ1) is 18.3. The zero-order valence-electron chi connectivity index (χ0n) is 20.6. The number of hydrogen-bond donors (Lipinski definition) is 1. The predicted octanol–water partition coefficient (Wildman–Crippen LogP) is 4.75. The van der Waals surface area contributed by atoms with E-state index in [1.54, 1.807) is 24.3 Å². The lowest BCUT2D eigenvalue weighted by Gasteiger charge is -2.11. The third-order valence-corrected chi connectivity index (χ3v) is 5.44. The fourth-order valence-corrected chi connectivity index (χ4v) is 3.57. The molecule has 1 aromatic heterocycles. The molecule has 0 aliphatic rings. The summed E-state index contributed by atoms with van der Waals surface area (Å²) in [4.78, 5) is 12.8. The number of carbonyl (C=O) groups excluding carboxylic acids is 1. The van der Waals surface area contributed by atoms with Crippen LogP contribution in [0, 0.1) is 11.6 Å². The molecule has 0 amide bonds. The summed E-state index contributed by atoms with van der Waals surface area (Å²) < 4.78 is 49.9. The molecule has 38 heavy (non-hydrogen) atoms. The number of ketones is 1. The second-order valence-corrected chi connectivity index (χ2v) is 7.87. The van der Waals surface area contributed by atoms with Crippen molar-refractivity contribution >= 4 is 11.9 Å². The number of allylic oxidation sites excluding steroid dienone is 1. The Balaban J connectivity index is 1.50. The van der Waals surface area contributed by atoms with Gasteiger partial charge in [-0.25, -0.2) is 13.5 Å². The number of hydrogen-bond acceptors (Lipinski definition) is 8. The molecule has 0 aliphatic carbocycles. The number of rotatable bonds is 10. The molecule has 0 saturated carbocycles. The molecule has 0 spiro atoms. The smallest absolute Gasteiger partial charge is 0.193 e. The molecule has 196 valence electrons. The molecule has 1 heterocycles. The number of phenols is 1. The van der Waals surface area contributed by atoms with E-state index in [1.807, 2.05) is 0 Å². The molecule has 4 aromatic rings. The molecule has 0 aliphatic heterocycles. The van der Waals surface area contributed by atoms with Crippen LogP contribution in [0.3, 0.4) is 0 Å². The SMILES string of the molecule is COc1cc(O)c(C(=O)/C=C/c2ccc(OC)c(OCc3cn(-c4ccc(F)cc4F)nn3)c2)c(OC)c1. The third kappa shape index (κ3) is 5.72. The van der Waals surface area contributed by atoms with Gasteiger partial charge in [-0.05, 0) is 35.9 Å². The Labute approximate surface area is 216 Å². The van der Waals surface area contributed by atoms with Crippen LogP contribution in [0.4, 0.5) is 8.78 Å². The van der Waals surface area contributed by atoms with Crippen LogP contribution in [0.2, 0.25) is 0 Å². The summed E-state index contributed by atoms with van der Waals surface area (Å²) in [6, 6.07) is 11.0. The zero-order valence-corrected chi connectivity index (χ0v) is 20.6. The van der Waals surface area contributed by atoms with Gasteiger partial charge in [0, 0.05) is 18.2 Å². The Hall–Kier alpha value is -4.93. The molecule has 9 nitrogen and oxygen atoms in total. The molecule has 0 fully saturated rings. The summed E-state index contributed by atoms with van der Waals surface area (Å²) in [5.74, 6) is -0.929. The van der Waals surface area contributed by atoms with Crippen molar-refractivity contribution in [3.8, 4) is 34.4 Å². The number of benzene rings is 3. The van der Waals surface area contributed by atoms with Gasteiger partial charge in [-0.2, -0.15) is 0 Å². The number of nitrogens with zero attached hydrogens (tertiary/aromatic N) is 3. The fraction of sp³-hybridized carbons (Fsp3) is 0.148. The molecular formula is C27H23F2N3O6. The lowest BCUT2D eigenvalue weighted by atomic mass is 10.1. The van der Waals surface area contributed by atoms with Gasteiger partial charge in [-0.3, -0.25) is 4.79 Å². The summed E-state index contributed by atoms with van der Waals surface area (Å²) in [5, 5.41) is 18.1. The van der Waals surface area contributed by atoms with Crippen molar-refractivity contribution in [2.24, 2.45) is 0 Å².